The van der Waals surface area contributed by atoms with Crippen LogP contribution >= 0.6 is 12.2 Å². The van der Waals surface area contributed by atoms with E-state index >= 15 is 0 Å². The molecular formula is C26H18F3N5OS. The average molecular weight is 506 g/mol. The summed E-state index contributed by atoms with van der Waals surface area (Å²) in [7, 11) is 0. The van der Waals surface area contributed by atoms with Crippen molar-refractivity contribution in [2.24, 2.45) is 5.10 Å². The van der Waals surface area contributed by atoms with Crippen LogP contribution in [0.15, 0.2) is 101 Å². The zero-order valence-electron chi connectivity index (χ0n) is 18.5. The van der Waals surface area contributed by atoms with E-state index in [4.69, 9.17) is 16.6 Å². The standard InChI is InChI=1S/C26H18F3N5OS/c27-26(28,29)20-11-5-6-12-21(20)31-25(36)32-30-15-18-16-34(19-9-2-1-3-10-19)33-24(18)23-14-17-8-4-7-13-22(17)35-23/h1-16H,(H2,31,32,36). The van der Waals surface area contributed by atoms with Gasteiger partial charge in [-0.3, -0.25) is 5.43 Å². The highest BCUT2D eigenvalue weighted by molar-refractivity contribution is 7.80. The van der Waals surface area contributed by atoms with Crippen molar-refractivity contribution in [3.8, 4) is 17.1 Å². The summed E-state index contributed by atoms with van der Waals surface area (Å²) in [6.07, 6.45) is -1.26. The number of hydrogen-bond donors (Lipinski definition) is 2. The van der Waals surface area contributed by atoms with Gasteiger partial charge in [-0.05, 0) is 48.6 Å². The van der Waals surface area contributed by atoms with E-state index in [1.165, 1.54) is 24.4 Å². The summed E-state index contributed by atoms with van der Waals surface area (Å²) in [6.45, 7) is 0. The molecule has 3 aromatic carbocycles. The second kappa shape index (κ2) is 9.67. The second-order valence-corrected chi connectivity index (χ2v) is 8.14. The summed E-state index contributed by atoms with van der Waals surface area (Å²) in [4.78, 5) is 0. The number of furan rings is 1. The van der Waals surface area contributed by atoms with E-state index in [-0.39, 0.29) is 10.8 Å². The highest BCUT2D eigenvalue weighted by Crippen LogP contribution is 2.34. The first kappa shape index (κ1) is 23.3. The molecule has 10 heteroatoms. The smallest absolute Gasteiger partial charge is 0.418 e. The lowest BCUT2D eigenvalue weighted by Crippen LogP contribution is -2.25. The van der Waals surface area contributed by atoms with Gasteiger partial charge >= 0.3 is 6.18 Å². The minimum absolute atomic E-state index is 0.0938. The molecule has 2 heterocycles. The summed E-state index contributed by atoms with van der Waals surface area (Å²) in [5.41, 5.74) is 4.29. The molecular weight excluding hydrogens is 487 g/mol. The van der Waals surface area contributed by atoms with Crippen molar-refractivity contribution in [2.45, 2.75) is 6.18 Å². The number of halogens is 3. The van der Waals surface area contributed by atoms with Gasteiger partial charge in [0, 0.05) is 17.1 Å². The van der Waals surface area contributed by atoms with Crippen LogP contribution in [0.1, 0.15) is 11.1 Å². The zero-order chi connectivity index (χ0) is 25.1. The number of nitrogens with one attached hydrogen (secondary N) is 2. The number of benzene rings is 3. The molecule has 2 aromatic heterocycles. The van der Waals surface area contributed by atoms with Crippen molar-refractivity contribution in [3.05, 3.63) is 102 Å². The molecule has 2 N–H and O–H groups in total. The van der Waals surface area contributed by atoms with Gasteiger partial charge in [0.15, 0.2) is 10.9 Å². The number of anilines is 1. The van der Waals surface area contributed by atoms with E-state index in [0.29, 0.717) is 17.0 Å². The number of alkyl halides is 3. The third kappa shape index (κ3) is 4.98. The van der Waals surface area contributed by atoms with E-state index in [1.54, 1.807) is 10.9 Å². The first-order valence-electron chi connectivity index (χ1n) is 10.8. The second-order valence-electron chi connectivity index (χ2n) is 7.73. The summed E-state index contributed by atoms with van der Waals surface area (Å²) in [6, 6.07) is 24.1. The summed E-state index contributed by atoms with van der Waals surface area (Å²) in [5, 5.41) is 12.2. The van der Waals surface area contributed by atoms with Gasteiger partial charge in [0.2, 0.25) is 0 Å². The number of rotatable bonds is 5. The molecule has 0 bridgehead atoms. The molecule has 6 nitrogen and oxygen atoms in total. The predicted octanol–water partition coefficient (Wildman–Crippen LogP) is 6.62. The highest BCUT2D eigenvalue weighted by Gasteiger charge is 2.33. The minimum atomic E-state index is -4.52. The van der Waals surface area contributed by atoms with Crippen LogP contribution in [-0.2, 0) is 6.18 Å². The first-order chi connectivity index (χ1) is 17.4. The lowest BCUT2D eigenvalue weighted by molar-refractivity contribution is -0.136. The Morgan fingerprint density at radius 2 is 1.69 bits per heavy atom. The molecule has 36 heavy (non-hydrogen) atoms. The van der Waals surface area contributed by atoms with Crippen LogP contribution in [0.3, 0.4) is 0 Å². The molecule has 5 rings (SSSR count). The lowest BCUT2D eigenvalue weighted by Gasteiger charge is -2.14. The maximum atomic E-state index is 13.2. The quantitative estimate of drug-likeness (QED) is 0.160. The third-order valence-electron chi connectivity index (χ3n) is 5.27. The molecule has 0 aliphatic rings. The number of hydrogen-bond acceptors (Lipinski definition) is 4. The fourth-order valence-electron chi connectivity index (χ4n) is 3.63. The fourth-order valence-corrected chi connectivity index (χ4v) is 3.80. The van der Waals surface area contributed by atoms with Crippen molar-refractivity contribution in [1.82, 2.24) is 15.2 Å². The third-order valence-corrected chi connectivity index (χ3v) is 5.47. The van der Waals surface area contributed by atoms with Crippen LogP contribution in [-0.4, -0.2) is 21.1 Å². The molecule has 0 atom stereocenters. The monoisotopic (exact) mass is 505 g/mol. The van der Waals surface area contributed by atoms with Gasteiger partial charge in [0.05, 0.1) is 23.2 Å². The number of aromatic nitrogens is 2. The van der Waals surface area contributed by atoms with Crippen LogP contribution in [0.5, 0.6) is 0 Å². The largest absolute Gasteiger partial charge is 0.454 e. The van der Waals surface area contributed by atoms with Gasteiger partial charge < -0.3 is 9.73 Å². The Hall–Kier alpha value is -4.44. The minimum Gasteiger partial charge on any atom is -0.454 e. The Morgan fingerprint density at radius 3 is 2.47 bits per heavy atom. The van der Waals surface area contributed by atoms with Crippen LogP contribution in [0.25, 0.3) is 28.1 Å². The van der Waals surface area contributed by atoms with E-state index in [2.05, 4.69) is 20.9 Å². The number of nitrogens with zero attached hydrogens (tertiary/aromatic N) is 3. The van der Waals surface area contributed by atoms with Crippen LogP contribution in [0.2, 0.25) is 0 Å². The topological polar surface area (TPSA) is 67.4 Å². The number of thiocarbonyl (C=S) groups is 1. The molecule has 0 amide bonds. The van der Waals surface area contributed by atoms with E-state index in [0.717, 1.165) is 22.7 Å². The molecule has 5 aromatic rings. The van der Waals surface area contributed by atoms with Gasteiger partial charge in [0.25, 0.3) is 0 Å². The Kier molecular flexibility index (Phi) is 6.26. The molecule has 0 aliphatic carbocycles. The normalized spacial score (nSPS) is 11.8. The fraction of sp³-hybridized carbons (Fsp3) is 0.0385. The number of fused-ring (bicyclic) bond motifs is 1. The molecule has 180 valence electrons. The molecule has 0 saturated carbocycles. The van der Waals surface area contributed by atoms with E-state index in [1.807, 2.05) is 60.7 Å². The van der Waals surface area contributed by atoms with Crippen LogP contribution < -0.4 is 10.7 Å². The van der Waals surface area contributed by atoms with E-state index < -0.39 is 11.7 Å². The average Bonchev–Trinajstić information content (AvgIpc) is 3.48. The Balaban J connectivity index is 1.41. The molecule has 0 fully saturated rings. The van der Waals surface area contributed by atoms with Gasteiger partial charge in [-0.15, -0.1) is 0 Å². The van der Waals surface area contributed by atoms with Crippen molar-refractivity contribution in [3.63, 3.8) is 0 Å². The van der Waals surface area contributed by atoms with Crippen molar-refractivity contribution in [2.75, 3.05) is 5.32 Å². The summed E-state index contributed by atoms with van der Waals surface area (Å²) in [5.74, 6) is 0.548. The number of hydrazone groups is 1. The molecule has 0 spiro atoms. The Labute approximate surface area is 209 Å². The van der Waals surface area contributed by atoms with Crippen LogP contribution in [0.4, 0.5) is 18.9 Å². The first-order valence-corrected chi connectivity index (χ1v) is 11.2. The van der Waals surface area contributed by atoms with Crippen molar-refractivity contribution in [1.29, 1.82) is 0 Å². The zero-order valence-corrected chi connectivity index (χ0v) is 19.3. The predicted molar refractivity (Wildman–Crippen MR) is 137 cm³/mol. The Bertz CT molecular complexity index is 1520. The van der Waals surface area contributed by atoms with Crippen molar-refractivity contribution >= 4 is 40.2 Å². The molecule has 0 saturated heterocycles. The van der Waals surface area contributed by atoms with Crippen molar-refractivity contribution < 1.29 is 17.6 Å². The molecule has 0 aliphatic heterocycles. The maximum absolute atomic E-state index is 13.2. The van der Waals surface area contributed by atoms with Gasteiger partial charge in [-0.2, -0.15) is 23.4 Å². The van der Waals surface area contributed by atoms with E-state index in [9.17, 15) is 13.2 Å². The highest BCUT2D eigenvalue weighted by atomic mass is 32.1. The summed E-state index contributed by atoms with van der Waals surface area (Å²) < 4.78 is 47.4. The summed E-state index contributed by atoms with van der Waals surface area (Å²) >= 11 is 5.14. The molecule has 0 radical (unpaired) electrons. The Morgan fingerprint density at radius 1 is 0.972 bits per heavy atom. The number of para-hydroxylation sites is 3. The molecule has 0 unspecified atom stereocenters. The lowest BCUT2D eigenvalue weighted by atomic mass is 10.2. The van der Waals surface area contributed by atoms with Crippen LogP contribution in [0, 0.1) is 0 Å². The maximum Gasteiger partial charge on any atom is 0.418 e. The van der Waals surface area contributed by atoms with Gasteiger partial charge in [0.1, 0.15) is 11.3 Å². The SMILES string of the molecule is FC(F)(F)c1ccccc1NC(=S)NN=Cc1cn(-c2ccccc2)nc1-c1cc2ccccc2o1. The van der Waals surface area contributed by atoms with Gasteiger partial charge in [-0.25, -0.2) is 4.68 Å². The van der Waals surface area contributed by atoms with Gasteiger partial charge in [-0.1, -0.05) is 48.5 Å².